The van der Waals surface area contributed by atoms with Gasteiger partial charge in [0.25, 0.3) is 11.8 Å². The maximum Gasteiger partial charge on any atom is 0.273 e. The molecular weight excluding hydrogens is 404 g/mol. The molecule has 0 unspecified atom stereocenters. The van der Waals surface area contributed by atoms with Gasteiger partial charge in [-0.25, -0.2) is 9.29 Å². The van der Waals surface area contributed by atoms with Gasteiger partial charge in [-0.3, -0.25) is 9.59 Å². The van der Waals surface area contributed by atoms with Crippen molar-refractivity contribution in [2.24, 2.45) is 0 Å². The number of hydrogen-bond acceptors (Lipinski definition) is 4. The quantitative estimate of drug-likeness (QED) is 0.387. The Hall–Kier alpha value is -1.73. The van der Waals surface area contributed by atoms with Crippen LogP contribution in [0.4, 0.5) is 4.39 Å². The lowest BCUT2D eigenvalue weighted by Crippen LogP contribution is -2.35. The lowest BCUT2D eigenvalue weighted by Gasteiger charge is -2.12. The van der Waals surface area contributed by atoms with Crippen LogP contribution in [0.2, 0.25) is 10.0 Å². The van der Waals surface area contributed by atoms with Crippen molar-refractivity contribution in [2.75, 3.05) is 0 Å². The van der Waals surface area contributed by atoms with E-state index in [0.29, 0.717) is 15.6 Å². The number of rotatable bonds is 2. The third-order valence-electron chi connectivity index (χ3n) is 3.35. The summed E-state index contributed by atoms with van der Waals surface area (Å²) in [7, 11) is 0. The van der Waals surface area contributed by atoms with Crippen molar-refractivity contribution in [3.63, 3.8) is 0 Å². The monoisotopic (exact) mass is 411 g/mol. The number of halogens is 3. The van der Waals surface area contributed by atoms with E-state index in [1.54, 1.807) is 18.2 Å². The van der Waals surface area contributed by atoms with Crippen LogP contribution in [0.1, 0.15) is 15.9 Å². The van der Waals surface area contributed by atoms with Gasteiger partial charge in [0, 0.05) is 10.0 Å². The second-order valence-corrected chi connectivity index (χ2v) is 7.49. The summed E-state index contributed by atoms with van der Waals surface area (Å²) in [5.41, 5.74) is 0.342. The molecule has 0 atom stereocenters. The van der Waals surface area contributed by atoms with Crippen molar-refractivity contribution in [1.82, 2.24) is 4.90 Å². The third kappa shape index (κ3) is 3.62. The summed E-state index contributed by atoms with van der Waals surface area (Å²) >= 11 is 18.0. The van der Waals surface area contributed by atoms with Gasteiger partial charge in [-0.2, -0.15) is 0 Å². The number of carbonyl (C=O) groups is 2. The van der Waals surface area contributed by atoms with E-state index in [2.05, 4.69) is 0 Å². The first-order valence-corrected chi connectivity index (χ1v) is 8.88. The van der Waals surface area contributed by atoms with Crippen molar-refractivity contribution in [2.45, 2.75) is 0 Å². The van der Waals surface area contributed by atoms with Gasteiger partial charge >= 0.3 is 0 Å². The van der Waals surface area contributed by atoms with E-state index in [0.717, 1.165) is 22.7 Å². The summed E-state index contributed by atoms with van der Waals surface area (Å²) in [6.45, 7) is 0. The third-order valence-corrected chi connectivity index (χ3v) is 5.21. The minimum absolute atomic E-state index is 0.0367. The SMILES string of the molecule is O=C1/C(=C\c2ccc(Cl)cc2Cl)SC(=S)N1C(=O)c1ccccc1F. The highest BCUT2D eigenvalue weighted by molar-refractivity contribution is 8.26. The van der Waals surface area contributed by atoms with Crippen molar-refractivity contribution < 1.29 is 14.0 Å². The van der Waals surface area contributed by atoms with Crippen LogP contribution in [0.15, 0.2) is 47.4 Å². The van der Waals surface area contributed by atoms with Crippen molar-refractivity contribution in [3.05, 3.63) is 74.4 Å². The van der Waals surface area contributed by atoms with Crippen LogP contribution in [-0.2, 0) is 4.79 Å². The Balaban J connectivity index is 1.94. The molecule has 0 aromatic heterocycles. The molecule has 1 saturated heterocycles. The van der Waals surface area contributed by atoms with Gasteiger partial charge in [0.05, 0.1) is 10.5 Å². The van der Waals surface area contributed by atoms with E-state index < -0.39 is 17.6 Å². The molecule has 3 rings (SSSR count). The molecule has 2 aromatic carbocycles. The molecule has 3 nitrogen and oxygen atoms in total. The van der Waals surface area contributed by atoms with Gasteiger partial charge in [-0.15, -0.1) is 0 Å². The smallest absolute Gasteiger partial charge is 0.268 e. The Kier molecular flexibility index (Phi) is 5.24. The minimum atomic E-state index is -0.800. The molecule has 1 aliphatic rings. The van der Waals surface area contributed by atoms with E-state index in [-0.39, 0.29) is 14.8 Å². The molecule has 0 aliphatic carbocycles. The molecule has 0 saturated carbocycles. The number of carbonyl (C=O) groups excluding carboxylic acids is 2. The van der Waals surface area contributed by atoms with Crippen LogP contribution in [0.5, 0.6) is 0 Å². The number of amides is 2. The summed E-state index contributed by atoms with van der Waals surface area (Å²) in [6, 6.07) is 10.2. The first-order chi connectivity index (χ1) is 11.9. The summed E-state index contributed by atoms with van der Waals surface area (Å²) < 4.78 is 13.9. The minimum Gasteiger partial charge on any atom is -0.268 e. The molecule has 0 N–H and O–H groups in total. The van der Waals surface area contributed by atoms with Crippen LogP contribution in [-0.4, -0.2) is 21.0 Å². The van der Waals surface area contributed by atoms with Gasteiger partial charge in [0.1, 0.15) is 5.82 Å². The predicted octanol–water partition coefficient (Wildman–Crippen LogP) is 5.17. The van der Waals surface area contributed by atoms with Crippen molar-refractivity contribution >= 4 is 69.4 Å². The predicted molar refractivity (Wildman–Crippen MR) is 102 cm³/mol. The molecule has 0 spiro atoms. The highest BCUT2D eigenvalue weighted by atomic mass is 35.5. The summed E-state index contributed by atoms with van der Waals surface area (Å²) in [6.07, 6.45) is 1.52. The zero-order valence-electron chi connectivity index (χ0n) is 12.3. The Labute approximate surface area is 162 Å². The fraction of sp³-hybridized carbons (Fsp3) is 0. The second-order valence-electron chi connectivity index (χ2n) is 4.97. The standard InChI is InChI=1S/C17H8Cl2FNO2S2/c18-10-6-5-9(12(19)8-10)7-14-16(23)21(17(24)25-14)15(22)11-3-1-2-4-13(11)20/h1-8H/b14-7+. The fourth-order valence-corrected chi connectivity index (χ4v) is 3.87. The molecule has 1 fully saturated rings. The normalized spacial score (nSPS) is 16.0. The van der Waals surface area contributed by atoms with Gasteiger partial charge in [0.15, 0.2) is 4.32 Å². The number of thioether (sulfide) groups is 1. The van der Waals surface area contributed by atoms with E-state index in [1.165, 1.54) is 24.3 Å². The summed E-state index contributed by atoms with van der Waals surface area (Å²) in [5.74, 6) is -2.13. The molecule has 0 bridgehead atoms. The first kappa shape index (κ1) is 18.1. The lowest BCUT2D eigenvalue weighted by atomic mass is 10.1. The maximum absolute atomic E-state index is 13.8. The van der Waals surface area contributed by atoms with Gasteiger partial charge in [0.2, 0.25) is 0 Å². The molecule has 1 aliphatic heterocycles. The number of thiocarbonyl (C=S) groups is 1. The number of benzene rings is 2. The van der Waals surface area contributed by atoms with Gasteiger partial charge in [-0.1, -0.05) is 65.4 Å². The van der Waals surface area contributed by atoms with E-state index >= 15 is 0 Å². The van der Waals surface area contributed by atoms with Crippen molar-refractivity contribution in [1.29, 1.82) is 0 Å². The average molecular weight is 412 g/mol. The highest BCUT2D eigenvalue weighted by Crippen LogP contribution is 2.35. The Bertz CT molecular complexity index is 946. The Morgan fingerprint density at radius 3 is 2.60 bits per heavy atom. The summed E-state index contributed by atoms with van der Waals surface area (Å²) in [4.78, 5) is 26.1. The number of nitrogens with zero attached hydrogens (tertiary/aromatic N) is 1. The molecule has 8 heteroatoms. The van der Waals surface area contributed by atoms with Gasteiger partial charge < -0.3 is 0 Å². The Morgan fingerprint density at radius 1 is 1.20 bits per heavy atom. The molecular formula is C17H8Cl2FNO2S2. The fourth-order valence-electron chi connectivity index (χ4n) is 2.16. The van der Waals surface area contributed by atoms with E-state index in [9.17, 15) is 14.0 Å². The average Bonchev–Trinajstić information content (AvgIpc) is 2.84. The number of hydrogen-bond donors (Lipinski definition) is 0. The zero-order chi connectivity index (χ0) is 18.1. The molecule has 0 radical (unpaired) electrons. The van der Waals surface area contributed by atoms with E-state index in [1.807, 2.05) is 0 Å². The molecule has 1 heterocycles. The largest absolute Gasteiger partial charge is 0.273 e. The Morgan fingerprint density at radius 2 is 1.92 bits per heavy atom. The molecule has 126 valence electrons. The summed E-state index contributed by atoms with van der Waals surface area (Å²) in [5, 5.41) is 0.822. The second kappa shape index (κ2) is 7.25. The van der Waals surface area contributed by atoms with E-state index in [4.69, 9.17) is 35.4 Å². The molecule has 2 aromatic rings. The molecule has 2 amide bonds. The lowest BCUT2D eigenvalue weighted by molar-refractivity contribution is -0.120. The highest BCUT2D eigenvalue weighted by Gasteiger charge is 2.38. The maximum atomic E-state index is 13.8. The molecule has 25 heavy (non-hydrogen) atoms. The zero-order valence-corrected chi connectivity index (χ0v) is 15.5. The van der Waals surface area contributed by atoms with Crippen LogP contribution in [0.25, 0.3) is 6.08 Å². The van der Waals surface area contributed by atoms with Crippen molar-refractivity contribution in [3.8, 4) is 0 Å². The van der Waals surface area contributed by atoms with Crippen LogP contribution < -0.4 is 0 Å². The first-order valence-electron chi connectivity index (χ1n) is 6.90. The topological polar surface area (TPSA) is 37.4 Å². The van der Waals surface area contributed by atoms with Crippen LogP contribution >= 0.6 is 47.2 Å². The van der Waals surface area contributed by atoms with Crippen LogP contribution in [0, 0.1) is 5.82 Å². The number of imide groups is 1. The van der Waals surface area contributed by atoms with Crippen LogP contribution in [0.3, 0.4) is 0 Å². The van der Waals surface area contributed by atoms with Gasteiger partial charge in [-0.05, 0) is 35.9 Å².